The number of hydrogen-bond donors (Lipinski definition) is 3. The minimum absolute atomic E-state index is 0.309. The van der Waals surface area contributed by atoms with Crippen molar-refractivity contribution in [1.82, 2.24) is 9.62 Å². The van der Waals surface area contributed by atoms with Gasteiger partial charge >= 0.3 is 0 Å². The minimum atomic E-state index is -3.67. The Labute approximate surface area is 125 Å². The van der Waals surface area contributed by atoms with Gasteiger partial charge in [-0.2, -0.15) is 16.8 Å². The summed E-state index contributed by atoms with van der Waals surface area (Å²) in [7, 11) is -10.2. The number of rotatable bonds is 1. The molecule has 0 aliphatic carbocycles. The average Bonchev–Trinajstić information content (AvgIpc) is 1.85. The second-order valence-electron chi connectivity index (χ2n) is 5.10. The molecule has 2 aliphatic heterocycles. The highest BCUT2D eigenvalue weighted by atomic mass is 32.2. The predicted octanol–water partition coefficient (Wildman–Crippen LogP) is -2.14. The van der Waals surface area contributed by atoms with Gasteiger partial charge in [0.1, 0.15) is 0 Å². The highest BCUT2D eigenvalue weighted by Crippen LogP contribution is 2.35. The Balaban J connectivity index is 0.000000340. The normalized spacial score (nSPS) is 21.0. The molecule has 0 unspecified atom stereocenters. The molecule has 21 heavy (non-hydrogen) atoms. The van der Waals surface area contributed by atoms with E-state index in [0.29, 0.717) is 17.9 Å². The maximum absolute atomic E-state index is 10.9. The van der Waals surface area contributed by atoms with Gasteiger partial charge in [-0.3, -0.25) is 9.11 Å². The van der Waals surface area contributed by atoms with Gasteiger partial charge in [0.15, 0.2) is 0 Å². The molecule has 128 valence electrons. The minimum Gasteiger partial charge on any atom is -0.315 e. The van der Waals surface area contributed by atoms with E-state index in [4.69, 9.17) is 9.11 Å². The van der Waals surface area contributed by atoms with Crippen LogP contribution in [0.1, 0.15) is 0 Å². The van der Waals surface area contributed by atoms with E-state index in [2.05, 4.69) is 5.32 Å². The molecule has 2 heterocycles. The summed E-state index contributed by atoms with van der Waals surface area (Å²) in [5.41, 5.74) is 0.309. The SMILES string of the molecule is CS(=O)(=O)N1CC2(CNC2)C1.CS(=O)(=O)O.CS(=O)(=O)O. The summed E-state index contributed by atoms with van der Waals surface area (Å²) in [6.07, 6.45) is 2.70. The van der Waals surface area contributed by atoms with Crippen LogP contribution in [-0.4, -0.2) is 83.6 Å². The first-order valence-electron chi connectivity index (χ1n) is 5.53. The highest BCUT2D eigenvalue weighted by Gasteiger charge is 2.50. The van der Waals surface area contributed by atoms with Gasteiger partial charge in [-0.25, -0.2) is 12.7 Å². The zero-order chi connectivity index (χ0) is 17.1. The lowest BCUT2D eigenvalue weighted by Gasteiger charge is -2.54. The first-order chi connectivity index (χ1) is 9.02. The summed E-state index contributed by atoms with van der Waals surface area (Å²) < 4.78 is 75.2. The quantitative estimate of drug-likeness (QED) is 0.439. The molecule has 0 aromatic heterocycles. The highest BCUT2D eigenvalue weighted by molar-refractivity contribution is 7.88. The smallest absolute Gasteiger partial charge is 0.261 e. The number of hydrogen-bond acceptors (Lipinski definition) is 7. The Hall–Kier alpha value is -0.310. The summed E-state index contributed by atoms with van der Waals surface area (Å²) in [6, 6.07) is 0. The Morgan fingerprint density at radius 2 is 1.14 bits per heavy atom. The van der Waals surface area contributed by atoms with Crippen molar-refractivity contribution in [3.05, 3.63) is 0 Å². The largest absolute Gasteiger partial charge is 0.315 e. The van der Waals surface area contributed by atoms with Gasteiger partial charge in [-0.1, -0.05) is 0 Å². The van der Waals surface area contributed by atoms with Crippen molar-refractivity contribution in [2.75, 3.05) is 44.9 Å². The maximum atomic E-state index is 10.9. The van der Waals surface area contributed by atoms with Crippen molar-refractivity contribution in [2.24, 2.45) is 5.41 Å². The summed E-state index contributed by atoms with van der Waals surface area (Å²) >= 11 is 0. The van der Waals surface area contributed by atoms with Crippen LogP contribution in [0.25, 0.3) is 0 Å². The van der Waals surface area contributed by atoms with E-state index in [1.807, 2.05) is 0 Å². The van der Waals surface area contributed by atoms with Gasteiger partial charge in [-0.05, 0) is 0 Å². The van der Waals surface area contributed by atoms with E-state index in [-0.39, 0.29) is 0 Å². The molecule has 0 aromatic carbocycles. The molecule has 2 rings (SSSR count). The monoisotopic (exact) mass is 368 g/mol. The fraction of sp³-hybridized carbons (Fsp3) is 1.00. The van der Waals surface area contributed by atoms with Gasteiger partial charge in [0.05, 0.1) is 18.8 Å². The second-order valence-corrected chi connectivity index (χ2v) is 10.0. The predicted molar refractivity (Wildman–Crippen MR) is 76.7 cm³/mol. The topological polar surface area (TPSA) is 158 Å². The van der Waals surface area contributed by atoms with Crippen molar-refractivity contribution in [1.29, 1.82) is 0 Å². The average molecular weight is 368 g/mol. The second kappa shape index (κ2) is 6.85. The van der Waals surface area contributed by atoms with Gasteiger partial charge < -0.3 is 5.32 Å². The van der Waals surface area contributed by atoms with Crippen molar-refractivity contribution in [2.45, 2.75) is 0 Å². The van der Waals surface area contributed by atoms with E-state index in [1.54, 1.807) is 0 Å². The molecule has 1 spiro atoms. The van der Waals surface area contributed by atoms with Crippen LogP contribution in [0.2, 0.25) is 0 Å². The van der Waals surface area contributed by atoms with E-state index in [9.17, 15) is 25.3 Å². The van der Waals surface area contributed by atoms with E-state index >= 15 is 0 Å². The van der Waals surface area contributed by atoms with E-state index in [0.717, 1.165) is 26.2 Å². The third kappa shape index (κ3) is 11.0. The first-order valence-corrected chi connectivity index (χ1v) is 11.1. The molecule has 0 atom stereocenters. The summed E-state index contributed by atoms with van der Waals surface area (Å²) in [4.78, 5) is 0. The van der Waals surface area contributed by atoms with Gasteiger partial charge in [0.2, 0.25) is 10.0 Å². The molecule has 0 aromatic rings. The van der Waals surface area contributed by atoms with Crippen LogP contribution in [-0.2, 0) is 30.3 Å². The Morgan fingerprint density at radius 3 is 1.29 bits per heavy atom. The number of nitrogens with zero attached hydrogens (tertiary/aromatic N) is 1. The Morgan fingerprint density at radius 1 is 0.857 bits per heavy atom. The van der Waals surface area contributed by atoms with Crippen molar-refractivity contribution in [3.63, 3.8) is 0 Å². The van der Waals surface area contributed by atoms with Crippen LogP contribution >= 0.6 is 0 Å². The first kappa shape index (κ1) is 20.7. The zero-order valence-corrected chi connectivity index (χ0v) is 14.3. The molecule has 0 bridgehead atoms. The fourth-order valence-corrected chi connectivity index (χ4v) is 2.66. The lowest BCUT2D eigenvalue weighted by molar-refractivity contribution is 0.0169. The Bertz CT molecular complexity index is 594. The van der Waals surface area contributed by atoms with Gasteiger partial charge in [-0.15, -0.1) is 0 Å². The van der Waals surface area contributed by atoms with E-state index < -0.39 is 30.3 Å². The Kier molecular flexibility index (Phi) is 6.75. The van der Waals surface area contributed by atoms with E-state index in [1.165, 1.54) is 10.6 Å². The van der Waals surface area contributed by atoms with Gasteiger partial charge in [0.25, 0.3) is 20.2 Å². The lowest BCUT2D eigenvalue weighted by Crippen LogP contribution is -2.71. The molecular weight excluding hydrogens is 348 g/mol. The molecule has 2 saturated heterocycles. The van der Waals surface area contributed by atoms with Crippen LogP contribution in [0.5, 0.6) is 0 Å². The molecular formula is C8H20N2O8S3. The molecule has 0 amide bonds. The third-order valence-electron chi connectivity index (χ3n) is 2.49. The molecule has 0 radical (unpaired) electrons. The molecule has 3 N–H and O–H groups in total. The van der Waals surface area contributed by atoms with Crippen molar-refractivity contribution >= 4 is 30.3 Å². The van der Waals surface area contributed by atoms with Crippen LogP contribution in [0.15, 0.2) is 0 Å². The van der Waals surface area contributed by atoms with Crippen LogP contribution in [0.3, 0.4) is 0 Å². The maximum Gasteiger partial charge on any atom is 0.261 e. The van der Waals surface area contributed by atoms with Crippen molar-refractivity contribution < 1.29 is 34.4 Å². The summed E-state index contributed by atoms with van der Waals surface area (Å²) in [5.74, 6) is 0. The lowest BCUT2D eigenvalue weighted by atomic mass is 9.76. The van der Waals surface area contributed by atoms with Gasteiger partial charge in [0, 0.05) is 31.6 Å². The summed E-state index contributed by atoms with van der Waals surface area (Å²) in [6.45, 7) is 3.41. The number of nitrogens with one attached hydrogen (secondary N) is 1. The standard InChI is InChI=1S/C6H12N2O2S.2CH4O3S/c1-11(9,10)8-4-6(5-8)2-7-3-6;2*1-5(2,3)4/h7H,2-5H2,1H3;2*1H3,(H,2,3,4). The van der Waals surface area contributed by atoms with Crippen LogP contribution < -0.4 is 5.32 Å². The molecule has 13 heteroatoms. The molecule has 0 saturated carbocycles. The molecule has 2 fully saturated rings. The fourth-order valence-electron chi connectivity index (χ4n) is 1.64. The van der Waals surface area contributed by atoms with Crippen LogP contribution in [0, 0.1) is 5.41 Å². The number of sulfonamides is 1. The van der Waals surface area contributed by atoms with Crippen molar-refractivity contribution in [3.8, 4) is 0 Å². The van der Waals surface area contributed by atoms with Crippen LogP contribution in [0.4, 0.5) is 0 Å². The zero-order valence-electron chi connectivity index (χ0n) is 11.8. The molecule has 10 nitrogen and oxygen atoms in total. The summed E-state index contributed by atoms with van der Waals surface area (Å²) in [5, 5.41) is 3.15. The third-order valence-corrected chi connectivity index (χ3v) is 3.69. The molecule has 2 aliphatic rings.